The van der Waals surface area contributed by atoms with Gasteiger partial charge in [0.15, 0.2) is 0 Å². The first-order chi connectivity index (χ1) is 11.2. The van der Waals surface area contributed by atoms with Crippen LogP contribution < -0.4 is 5.56 Å². The number of nitrogens with zero attached hydrogens (tertiary/aromatic N) is 2. The van der Waals surface area contributed by atoms with Gasteiger partial charge in [0, 0.05) is 4.88 Å². The summed E-state index contributed by atoms with van der Waals surface area (Å²) in [4.78, 5) is 31.7. The molecule has 0 bridgehead atoms. The highest BCUT2D eigenvalue weighted by Gasteiger charge is 2.25. The summed E-state index contributed by atoms with van der Waals surface area (Å²) in [5.74, 6) is -0.346. The van der Waals surface area contributed by atoms with Gasteiger partial charge in [0.05, 0.1) is 18.3 Å². The maximum Gasteiger partial charge on any atom is 0.329 e. The number of carbonyl (C=O) groups is 1. The monoisotopic (exact) mass is 334 g/mol. The first kappa shape index (κ1) is 16.2. The molecule has 0 saturated heterocycles. The Labute approximate surface area is 139 Å². The van der Waals surface area contributed by atoms with Crippen LogP contribution in [0.4, 0.5) is 0 Å². The molecule has 0 fully saturated rings. The number of fused-ring (bicyclic) bond motifs is 3. The van der Waals surface area contributed by atoms with Gasteiger partial charge in [-0.1, -0.05) is 13.8 Å². The Kier molecular flexibility index (Phi) is 4.80. The van der Waals surface area contributed by atoms with E-state index in [1.165, 1.54) is 22.2 Å². The van der Waals surface area contributed by atoms with Crippen LogP contribution in [0.15, 0.2) is 11.1 Å². The van der Waals surface area contributed by atoms with Gasteiger partial charge in [-0.3, -0.25) is 9.36 Å². The molecule has 0 aromatic carbocycles. The summed E-state index contributed by atoms with van der Waals surface area (Å²) < 4.78 is 6.70. The van der Waals surface area contributed by atoms with E-state index in [4.69, 9.17) is 4.74 Å². The lowest BCUT2D eigenvalue weighted by atomic mass is 9.97. The van der Waals surface area contributed by atoms with Crippen LogP contribution in [-0.4, -0.2) is 22.1 Å². The molecule has 0 saturated carbocycles. The number of aromatic nitrogens is 2. The Morgan fingerprint density at radius 1 is 1.39 bits per heavy atom. The van der Waals surface area contributed by atoms with Gasteiger partial charge in [-0.25, -0.2) is 9.78 Å². The second-order valence-corrected chi connectivity index (χ2v) is 7.02. The normalized spacial score (nSPS) is 15.4. The molecule has 0 aliphatic heterocycles. The number of ether oxygens (including phenoxy) is 1. The number of hydrogen-bond acceptors (Lipinski definition) is 5. The molecule has 0 radical (unpaired) electrons. The molecule has 1 aliphatic carbocycles. The Morgan fingerprint density at radius 3 is 2.91 bits per heavy atom. The van der Waals surface area contributed by atoms with E-state index in [0.717, 1.165) is 36.1 Å². The first-order valence-corrected chi connectivity index (χ1v) is 9.17. The van der Waals surface area contributed by atoms with E-state index < -0.39 is 6.04 Å². The van der Waals surface area contributed by atoms with Crippen molar-refractivity contribution >= 4 is 27.5 Å². The van der Waals surface area contributed by atoms with Crippen LogP contribution in [0, 0.1) is 0 Å². The number of hydrogen-bond donors (Lipinski definition) is 0. The van der Waals surface area contributed by atoms with E-state index >= 15 is 0 Å². The van der Waals surface area contributed by atoms with Crippen LogP contribution >= 0.6 is 11.3 Å². The highest BCUT2D eigenvalue weighted by atomic mass is 32.1. The second kappa shape index (κ2) is 6.83. The number of aryl methyl sites for hydroxylation is 2. The van der Waals surface area contributed by atoms with Gasteiger partial charge in [0.25, 0.3) is 5.56 Å². The summed E-state index contributed by atoms with van der Waals surface area (Å²) in [6.07, 6.45) is 7.05. The lowest BCUT2D eigenvalue weighted by Gasteiger charge is -2.17. The molecule has 23 heavy (non-hydrogen) atoms. The fourth-order valence-corrected chi connectivity index (χ4v) is 4.38. The van der Waals surface area contributed by atoms with Crippen molar-refractivity contribution in [3.05, 3.63) is 27.1 Å². The molecule has 0 N–H and O–H groups in total. The molecule has 5 nitrogen and oxygen atoms in total. The zero-order valence-electron chi connectivity index (χ0n) is 13.6. The van der Waals surface area contributed by atoms with Crippen LogP contribution in [0.3, 0.4) is 0 Å². The van der Waals surface area contributed by atoms with Crippen molar-refractivity contribution in [2.75, 3.05) is 6.61 Å². The molecule has 1 aliphatic rings. The average Bonchev–Trinajstić information content (AvgIpc) is 2.94. The fraction of sp³-hybridized carbons (Fsp3) is 0.588. The summed E-state index contributed by atoms with van der Waals surface area (Å²) in [5, 5.41) is 0.717. The molecule has 0 amide bonds. The van der Waals surface area contributed by atoms with Crippen molar-refractivity contribution in [3.8, 4) is 0 Å². The smallest absolute Gasteiger partial charge is 0.329 e. The van der Waals surface area contributed by atoms with Crippen molar-refractivity contribution < 1.29 is 9.53 Å². The molecule has 0 spiro atoms. The third kappa shape index (κ3) is 2.92. The Hall–Kier alpha value is -1.69. The lowest BCUT2D eigenvalue weighted by molar-refractivity contribution is -0.147. The average molecular weight is 334 g/mol. The van der Waals surface area contributed by atoms with Crippen LogP contribution in [0.1, 0.15) is 56.0 Å². The number of thiophene rings is 1. The highest BCUT2D eigenvalue weighted by Crippen LogP contribution is 2.33. The highest BCUT2D eigenvalue weighted by molar-refractivity contribution is 7.18. The zero-order valence-corrected chi connectivity index (χ0v) is 14.4. The largest absolute Gasteiger partial charge is 0.464 e. The minimum atomic E-state index is -0.593. The summed E-state index contributed by atoms with van der Waals surface area (Å²) in [5.41, 5.74) is 1.05. The van der Waals surface area contributed by atoms with E-state index in [1.807, 2.05) is 13.8 Å². The molecule has 0 unspecified atom stereocenters. The zero-order chi connectivity index (χ0) is 16.4. The van der Waals surface area contributed by atoms with Crippen molar-refractivity contribution in [2.45, 2.75) is 58.4 Å². The van der Waals surface area contributed by atoms with Gasteiger partial charge < -0.3 is 4.74 Å². The summed E-state index contributed by atoms with van der Waals surface area (Å²) in [6.45, 7) is 4.22. The summed E-state index contributed by atoms with van der Waals surface area (Å²) in [6, 6.07) is -0.593. The van der Waals surface area contributed by atoms with Gasteiger partial charge in [0.2, 0.25) is 0 Å². The second-order valence-electron chi connectivity index (χ2n) is 5.94. The molecule has 6 heteroatoms. The SMILES string of the molecule is CCCOC(=O)[C@@H](CC)n1cnc2sc3c(c2c1=O)CCCC3. The minimum absolute atomic E-state index is 0.102. The Balaban J connectivity index is 2.05. The van der Waals surface area contributed by atoms with Gasteiger partial charge in [0.1, 0.15) is 10.9 Å². The maximum atomic E-state index is 13.0. The maximum absolute atomic E-state index is 13.0. The van der Waals surface area contributed by atoms with Crippen molar-refractivity contribution in [1.82, 2.24) is 9.55 Å². The van der Waals surface area contributed by atoms with E-state index in [-0.39, 0.29) is 11.5 Å². The minimum Gasteiger partial charge on any atom is -0.464 e. The summed E-state index contributed by atoms with van der Waals surface area (Å²) in [7, 11) is 0. The predicted molar refractivity (Wildman–Crippen MR) is 91.1 cm³/mol. The Morgan fingerprint density at radius 2 is 2.17 bits per heavy atom. The third-order valence-electron chi connectivity index (χ3n) is 4.34. The molecular formula is C17H22N2O3S. The standard InChI is InChI=1S/C17H22N2O3S/c1-3-9-22-17(21)12(4-2)19-10-18-15-14(16(19)20)11-7-5-6-8-13(11)23-15/h10,12H,3-9H2,1-2H3/t12-/m1/s1. The molecule has 2 aromatic heterocycles. The number of rotatable bonds is 5. The summed E-state index contributed by atoms with van der Waals surface area (Å²) >= 11 is 1.62. The Bertz CT molecular complexity index is 778. The van der Waals surface area contributed by atoms with Crippen LogP contribution in [0.2, 0.25) is 0 Å². The van der Waals surface area contributed by atoms with Gasteiger partial charge in [-0.05, 0) is 44.1 Å². The van der Waals surface area contributed by atoms with Crippen molar-refractivity contribution in [2.24, 2.45) is 0 Å². The number of esters is 1. The molecule has 1 atom stereocenters. The van der Waals surface area contributed by atoms with Gasteiger partial charge in [-0.15, -0.1) is 11.3 Å². The lowest BCUT2D eigenvalue weighted by Crippen LogP contribution is -2.31. The van der Waals surface area contributed by atoms with Crippen LogP contribution in [0.25, 0.3) is 10.2 Å². The van der Waals surface area contributed by atoms with E-state index in [2.05, 4.69) is 4.98 Å². The quantitative estimate of drug-likeness (QED) is 0.788. The van der Waals surface area contributed by atoms with Crippen molar-refractivity contribution in [1.29, 1.82) is 0 Å². The molecule has 2 heterocycles. The molecule has 2 aromatic rings. The van der Waals surface area contributed by atoms with Gasteiger partial charge in [-0.2, -0.15) is 0 Å². The fourth-order valence-electron chi connectivity index (χ4n) is 3.16. The third-order valence-corrected chi connectivity index (χ3v) is 5.54. The molecule has 3 rings (SSSR count). The predicted octanol–water partition coefficient (Wildman–Crippen LogP) is 3.24. The van der Waals surface area contributed by atoms with Crippen LogP contribution in [-0.2, 0) is 22.4 Å². The molecule has 124 valence electrons. The van der Waals surface area contributed by atoms with E-state index in [1.54, 1.807) is 11.3 Å². The van der Waals surface area contributed by atoms with E-state index in [9.17, 15) is 9.59 Å². The van der Waals surface area contributed by atoms with Crippen LogP contribution in [0.5, 0.6) is 0 Å². The molecular weight excluding hydrogens is 312 g/mol. The first-order valence-electron chi connectivity index (χ1n) is 8.35. The van der Waals surface area contributed by atoms with E-state index in [0.29, 0.717) is 18.4 Å². The van der Waals surface area contributed by atoms with Gasteiger partial charge >= 0.3 is 5.97 Å². The number of carbonyl (C=O) groups excluding carboxylic acids is 1. The topological polar surface area (TPSA) is 61.2 Å². The van der Waals surface area contributed by atoms with Crippen molar-refractivity contribution in [3.63, 3.8) is 0 Å².